The number of nitrogens with zero attached hydrogens (tertiary/aromatic N) is 3. The molecule has 0 radical (unpaired) electrons. The fourth-order valence-electron chi connectivity index (χ4n) is 1.50. The van der Waals surface area contributed by atoms with Crippen LogP contribution >= 0.6 is 11.3 Å². The molecule has 0 aliphatic carbocycles. The zero-order chi connectivity index (χ0) is 12.8. The Hall–Kier alpha value is -2.07. The highest BCUT2D eigenvalue weighted by atomic mass is 32.2. The quantitative estimate of drug-likeness (QED) is 0.734. The number of anilines is 2. The van der Waals surface area contributed by atoms with Crippen LogP contribution in [0.5, 0.6) is 0 Å². The van der Waals surface area contributed by atoms with Crippen molar-refractivity contribution in [3.8, 4) is 0 Å². The first kappa shape index (κ1) is 11.0. The van der Waals surface area contributed by atoms with E-state index in [1.807, 2.05) is 0 Å². The zero-order valence-electron chi connectivity index (χ0n) is 8.77. The molecule has 0 fully saturated rings. The summed E-state index contributed by atoms with van der Waals surface area (Å²) in [5.41, 5.74) is 5.62. The Morgan fingerprint density at radius 1 is 1.50 bits per heavy atom. The number of thiazole rings is 1. The lowest BCUT2D eigenvalue weighted by atomic mass is 10.7. The van der Waals surface area contributed by atoms with Crippen molar-refractivity contribution in [1.82, 2.24) is 14.5 Å². The number of imidazole rings is 1. The summed E-state index contributed by atoms with van der Waals surface area (Å²) in [5, 5.41) is 5.09. The van der Waals surface area contributed by atoms with Crippen LogP contribution in [0, 0.1) is 0 Å². The third-order valence-electron chi connectivity index (χ3n) is 2.17. The first-order valence-electron chi connectivity index (χ1n) is 4.72. The number of rotatable bonds is 3. The molecule has 0 unspecified atom stereocenters. The average Bonchev–Trinajstić information content (AvgIpc) is 2.92. The molecule has 0 saturated heterocycles. The van der Waals surface area contributed by atoms with E-state index in [-0.39, 0.29) is 16.7 Å². The van der Waals surface area contributed by atoms with Crippen LogP contribution in [0.4, 0.5) is 11.6 Å². The Labute approximate surface area is 105 Å². The maximum absolute atomic E-state index is 12.2. The molecule has 0 amide bonds. The van der Waals surface area contributed by atoms with Gasteiger partial charge in [-0.15, -0.1) is 11.3 Å². The van der Waals surface area contributed by atoms with Gasteiger partial charge >= 0.3 is 0 Å². The summed E-state index contributed by atoms with van der Waals surface area (Å²) in [5.74, 6) is 0.0254. The highest BCUT2D eigenvalue weighted by Crippen LogP contribution is 2.24. The van der Waals surface area contributed by atoms with Gasteiger partial charge in [0, 0.05) is 17.6 Å². The summed E-state index contributed by atoms with van der Waals surface area (Å²) in [4.78, 5) is 4.47. The summed E-state index contributed by atoms with van der Waals surface area (Å²) >= 11 is 1.29. The van der Waals surface area contributed by atoms with Crippen LogP contribution in [0.25, 0.3) is 4.96 Å². The fourth-order valence-corrected chi connectivity index (χ4v) is 3.48. The smallest absolute Gasteiger partial charge is 0.283 e. The number of nitrogens with one attached hydrogen (secondary N) is 1. The molecule has 3 aromatic rings. The molecule has 0 saturated carbocycles. The van der Waals surface area contributed by atoms with Crippen LogP contribution in [0.3, 0.4) is 0 Å². The SMILES string of the molecule is Nc1nc2sccn2c1S(=O)(=O)Nc1ccon1. The van der Waals surface area contributed by atoms with Crippen LogP contribution in [0.2, 0.25) is 0 Å². The van der Waals surface area contributed by atoms with E-state index in [1.165, 1.54) is 28.1 Å². The molecular weight excluding hydrogens is 278 g/mol. The van der Waals surface area contributed by atoms with Crippen LogP contribution in [-0.2, 0) is 10.0 Å². The van der Waals surface area contributed by atoms with Gasteiger partial charge in [0.25, 0.3) is 10.0 Å². The van der Waals surface area contributed by atoms with Crippen molar-refractivity contribution in [2.75, 3.05) is 10.5 Å². The Morgan fingerprint density at radius 2 is 2.33 bits per heavy atom. The predicted molar refractivity (Wildman–Crippen MR) is 64.8 cm³/mol. The molecule has 0 aromatic carbocycles. The molecule has 0 aliphatic heterocycles. The van der Waals surface area contributed by atoms with Gasteiger partial charge in [-0.1, -0.05) is 5.16 Å². The van der Waals surface area contributed by atoms with E-state index in [2.05, 4.69) is 19.4 Å². The van der Waals surface area contributed by atoms with Gasteiger partial charge in [-0.2, -0.15) is 8.42 Å². The summed E-state index contributed by atoms with van der Waals surface area (Å²) in [6, 6.07) is 1.39. The van der Waals surface area contributed by atoms with Crippen LogP contribution < -0.4 is 10.5 Å². The van der Waals surface area contributed by atoms with Crippen molar-refractivity contribution in [3.05, 3.63) is 23.9 Å². The minimum absolute atomic E-state index is 0.0576. The molecule has 0 atom stereocenters. The van der Waals surface area contributed by atoms with E-state index in [0.29, 0.717) is 4.96 Å². The minimum atomic E-state index is -3.86. The second-order valence-corrected chi connectivity index (χ2v) is 5.82. The van der Waals surface area contributed by atoms with E-state index >= 15 is 0 Å². The molecule has 0 spiro atoms. The third-order valence-corrected chi connectivity index (χ3v) is 4.32. The molecule has 3 rings (SSSR count). The number of sulfonamides is 1. The lowest BCUT2D eigenvalue weighted by Crippen LogP contribution is -2.16. The molecule has 0 bridgehead atoms. The number of hydrogen-bond acceptors (Lipinski definition) is 7. The minimum Gasteiger partial charge on any atom is -0.381 e. The molecule has 3 aromatic heterocycles. The largest absolute Gasteiger partial charge is 0.381 e. The van der Waals surface area contributed by atoms with E-state index < -0.39 is 10.0 Å². The first-order valence-corrected chi connectivity index (χ1v) is 7.08. The van der Waals surface area contributed by atoms with Crippen LogP contribution in [-0.4, -0.2) is 23.0 Å². The van der Waals surface area contributed by atoms with E-state index in [4.69, 9.17) is 5.73 Å². The highest BCUT2D eigenvalue weighted by molar-refractivity contribution is 7.92. The maximum Gasteiger partial charge on any atom is 0.283 e. The van der Waals surface area contributed by atoms with E-state index in [1.54, 1.807) is 11.6 Å². The average molecular weight is 285 g/mol. The summed E-state index contributed by atoms with van der Waals surface area (Å²) < 4.78 is 32.5. The first-order chi connectivity index (χ1) is 8.58. The van der Waals surface area contributed by atoms with Crippen molar-refractivity contribution in [2.45, 2.75) is 5.03 Å². The highest BCUT2D eigenvalue weighted by Gasteiger charge is 2.25. The molecule has 0 aliphatic rings. The molecule has 3 N–H and O–H groups in total. The Morgan fingerprint density at radius 3 is 3.06 bits per heavy atom. The number of nitrogens with two attached hydrogens (primary N) is 1. The summed E-state index contributed by atoms with van der Waals surface area (Å²) in [6.07, 6.45) is 2.85. The van der Waals surface area contributed by atoms with Gasteiger partial charge < -0.3 is 10.3 Å². The van der Waals surface area contributed by atoms with E-state index in [9.17, 15) is 8.42 Å². The molecule has 3 heterocycles. The van der Waals surface area contributed by atoms with Gasteiger partial charge in [-0.25, -0.2) is 4.98 Å². The number of hydrogen-bond donors (Lipinski definition) is 2. The molecule has 10 heteroatoms. The second kappa shape index (κ2) is 3.71. The Balaban J connectivity index is 2.13. The fraction of sp³-hybridized carbons (Fsp3) is 0. The van der Waals surface area contributed by atoms with Crippen molar-refractivity contribution < 1.29 is 12.9 Å². The summed E-state index contributed by atoms with van der Waals surface area (Å²) in [7, 11) is -3.86. The van der Waals surface area contributed by atoms with Crippen LogP contribution in [0.1, 0.15) is 0 Å². The third kappa shape index (κ3) is 1.62. The van der Waals surface area contributed by atoms with Crippen molar-refractivity contribution in [1.29, 1.82) is 0 Å². The van der Waals surface area contributed by atoms with Gasteiger partial charge in [-0.05, 0) is 0 Å². The number of nitrogen functional groups attached to an aromatic ring is 1. The molecule has 18 heavy (non-hydrogen) atoms. The zero-order valence-corrected chi connectivity index (χ0v) is 10.4. The predicted octanol–water partition coefficient (Wildman–Crippen LogP) is 0.767. The summed E-state index contributed by atoms with van der Waals surface area (Å²) in [6.45, 7) is 0. The van der Waals surface area contributed by atoms with Crippen molar-refractivity contribution in [3.63, 3.8) is 0 Å². The lowest BCUT2D eigenvalue weighted by Gasteiger charge is -2.03. The van der Waals surface area contributed by atoms with Crippen LogP contribution in [0.15, 0.2) is 33.5 Å². The Bertz CT molecular complexity index is 786. The van der Waals surface area contributed by atoms with Gasteiger partial charge in [0.15, 0.2) is 16.6 Å². The standard InChI is InChI=1S/C8H7N5O3S2/c9-6-7(13-2-4-17-8(13)10-6)18(14,15)12-5-1-3-16-11-5/h1-4H,9H2,(H,11,12). The molecular formula is C8H7N5O3S2. The van der Waals surface area contributed by atoms with Gasteiger partial charge in [0.2, 0.25) is 5.03 Å². The van der Waals surface area contributed by atoms with Crippen molar-refractivity contribution in [2.24, 2.45) is 0 Å². The monoisotopic (exact) mass is 285 g/mol. The van der Waals surface area contributed by atoms with Crippen molar-refractivity contribution >= 4 is 38.0 Å². The number of aromatic nitrogens is 3. The molecule has 8 nitrogen and oxygen atoms in total. The topological polar surface area (TPSA) is 116 Å². The Kier molecular flexibility index (Phi) is 2.28. The number of fused-ring (bicyclic) bond motifs is 1. The maximum atomic E-state index is 12.2. The normalized spacial score (nSPS) is 12.0. The molecule has 94 valence electrons. The lowest BCUT2D eigenvalue weighted by molar-refractivity contribution is 0.423. The van der Waals surface area contributed by atoms with Gasteiger partial charge in [-0.3, -0.25) is 9.12 Å². The van der Waals surface area contributed by atoms with Gasteiger partial charge in [0.05, 0.1) is 0 Å². The van der Waals surface area contributed by atoms with Gasteiger partial charge in [0.1, 0.15) is 6.26 Å². The second-order valence-electron chi connectivity index (χ2n) is 3.35. The van der Waals surface area contributed by atoms with E-state index in [0.717, 1.165) is 0 Å².